The van der Waals surface area contributed by atoms with Gasteiger partial charge in [-0.2, -0.15) is 0 Å². The first-order valence-electron chi connectivity index (χ1n) is 9.19. The number of benzene rings is 3. The molecule has 0 unspecified atom stereocenters. The van der Waals surface area contributed by atoms with Gasteiger partial charge in [-0.3, -0.25) is 0 Å². The molecule has 0 aromatic heterocycles. The van der Waals surface area contributed by atoms with E-state index >= 15 is 0 Å². The summed E-state index contributed by atoms with van der Waals surface area (Å²) in [5, 5.41) is 0. The van der Waals surface area contributed by atoms with Crippen LogP contribution in [0.15, 0.2) is 60.7 Å². The van der Waals surface area contributed by atoms with E-state index in [4.69, 9.17) is 0 Å². The van der Waals surface area contributed by atoms with Gasteiger partial charge < -0.3 is 0 Å². The molecule has 0 nitrogen and oxygen atoms in total. The first-order valence-corrected chi connectivity index (χ1v) is 9.19. The second-order valence-electron chi connectivity index (χ2n) is 7.23. The van der Waals surface area contributed by atoms with Crippen molar-refractivity contribution in [2.24, 2.45) is 0 Å². The predicted molar refractivity (Wildman–Crippen MR) is 101 cm³/mol. The zero-order valence-corrected chi connectivity index (χ0v) is 14.0. The molecule has 0 aliphatic heterocycles. The van der Waals surface area contributed by atoms with E-state index in [1.54, 1.807) is 27.8 Å². The van der Waals surface area contributed by atoms with E-state index in [1.165, 1.54) is 42.4 Å². The van der Waals surface area contributed by atoms with Gasteiger partial charge in [-0.05, 0) is 83.0 Å². The standard InChI is InChI=1S/C24H22/c1-2-8-17(9-3-1)14-20-15-18-10-4-6-12-21(18)24-22-13-7-5-11-19(22)16-23(20)24/h1-3,5,7-9,11,13,15H,4,6,10,12,14,16H2. The summed E-state index contributed by atoms with van der Waals surface area (Å²) in [4.78, 5) is 0. The van der Waals surface area contributed by atoms with Crippen LogP contribution >= 0.6 is 0 Å². The van der Waals surface area contributed by atoms with E-state index in [0.29, 0.717) is 0 Å². The van der Waals surface area contributed by atoms with Crippen molar-refractivity contribution in [1.82, 2.24) is 0 Å². The second kappa shape index (κ2) is 5.63. The minimum atomic E-state index is 1.06. The molecule has 0 bridgehead atoms. The Morgan fingerprint density at radius 2 is 1.50 bits per heavy atom. The van der Waals surface area contributed by atoms with Crippen molar-refractivity contribution in [1.29, 1.82) is 0 Å². The molecule has 24 heavy (non-hydrogen) atoms. The molecule has 0 saturated heterocycles. The van der Waals surface area contributed by atoms with Crippen LogP contribution < -0.4 is 0 Å². The summed E-state index contributed by atoms with van der Waals surface area (Å²) in [6.07, 6.45) is 7.38. The van der Waals surface area contributed by atoms with Gasteiger partial charge in [0.1, 0.15) is 0 Å². The fourth-order valence-electron chi connectivity index (χ4n) is 4.62. The predicted octanol–water partition coefficient (Wildman–Crippen LogP) is 5.73. The Kier molecular flexibility index (Phi) is 3.29. The molecule has 0 fully saturated rings. The molecule has 2 aliphatic carbocycles. The molecule has 0 amide bonds. The molecule has 0 N–H and O–H groups in total. The SMILES string of the molecule is c1ccc(Cc2cc3c(c4c2Cc2ccccc2-4)CCCC3)cc1. The largest absolute Gasteiger partial charge is 0.0622 e. The average Bonchev–Trinajstić information content (AvgIpc) is 3.03. The van der Waals surface area contributed by atoms with Crippen molar-refractivity contribution in [2.45, 2.75) is 38.5 Å². The third-order valence-corrected chi connectivity index (χ3v) is 5.74. The van der Waals surface area contributed by atoms with Crippen LogP contribution in [0.1, 0.15) is 46.2 Å². The lowest BCUT2D eigenvalue weighted by Gasteiger charge is -2.22. The Morgan fingerprint density at radius 3 is 2.42 bits per heavy atom. The third-order valence-electron chi connectivity index (χ3n) is 5.74. The highest BCUT2D eigenvalue weighted by Gasteiger charge is 2.27. The van der Waals surface area contributed by atoms with Crippen LogP contribution in [0.25, 0.3) is 11.1 Å². The first kappa shape index (κ1) is 14.0. The smallest absolute Gasteiger partial charge is 0.00105 e. The van der Waals surface area contributed by atoms with Gasteiger partial charge in [0.15, 0.2) is 0 Å². The summed E-state index contributed by atoms with van der Waals surface area (Å²) in [7, 11) is 0. The number of aryl methyl sites for hydroxylation is 1. The summed E-state index contributed by atoms with van der Waals surface area (Å²) >= 11 is 0. The maximum absolute atomic E-state index is 2.53. The molecule has 0 radical (unpaired) electrons. The van der Waals surface area contributed by atoms with Crippen LogP contribution in [-0.4, -0.2) is 0 Å². The molecular formula is C24H22. The highest BCUT2D eigenvalue weighted by Crippen LogP contribution is 2.44. The Morgan fingerprint density at radius 1 is 0.708 bits per heavy atom. The van der Waals surface area contributed by atoms with E-state index in [2.05, 4.69) is 60.7 Å². The van der Waals surface area contributed by atoms with Gasteiger partial charge in [-0.1, -0.05) is 60.7 Å². The van der Waals surface area contributed by atoms with Gasteiger partial charge in [0.05, 0.1) is 0 Å². The molecule has 0 saturated carbocycles. The van der Waals surface area contributed by atoms with Crippen LogP contribution in [0.3, 0.4) is 0 Å². The summed E-state index contributed by atoms with van der Waals surface area (Å²) in [5.41, 5.74) is 12.4. The molecule has 5 rings (SSSR count). The Bertz CT molecular complexity index is 903. The van der Waals surface area contributed by atoms with Gasteiger partial charge in [0, 0.05) is 0 Å². The summed E-state index contributed by atoms with van der Waals surface area (Å²) in [5.74, 6) is 0. The molecule has 0 atom stereocenters. The van der Waals surface area contributed by atoms with Crippen molar-refractivity contribution in [3.63, 3.8) is 0 Å². The molecule has 0 spiro atoms. The van der Waals surface area contributed by atoms with Crippen molar-refractivity contribution in [3.05, 3.63) is 94.0 Å². The Labute approximate surface area is 144 Å². The van der Waals surface area contributed by atoms with E-state index in [9.17, 15) is 0 Å². The molecule has 3 aromatic rings. The second-order valence-corrected chi connectivity index (χ2v) is 7.23. The number of hydrogen-bond donors (Lipinski definition) is 0. The molecular weight excluding hydrogens is 288 g/mol. The highest BCUT2D eigenvalue weighted by molar-refractivity contribution is 5.82. The van der Waals surface area contributed by atoms with Crippen LogP contribution in [0.4, 0.5) is 0 Å². The van der Waals surface area contributed by atoms with Gasteiger partial charge in [0.2, 0.25) is 0 Å². The maximum atomic E-state index is 2.53. The van der Waals surface area contributed by atoms with E-state index < -0.39 is 0 Å². The monoisotopic (exact) mass is 310 g/mol. The highest BCUT2D eigenvalue weighted by atomic mass is 14.3. The number of fused-ring (bicyclic) bond motifs is 5. The molecule has 0 heterocycles. The van der Waals surface area contributed by atoms with Crippen molar-refractivity contribution in [2.75, 3.05) is 0 Å². The zero-order valence-electron chi connectivity index (χ0n) is 14.0. The lowest BCUT2D eigenvalue weighted by Crippen LogP contribution is -2.08. The first-order chi connectivity index (χ1) is 11.9. The van der Waals surface area contributed by atoms with E-state index in [1.807, 2.05) is 0 Å². The molecule has 3 aromatic carbocycles. The van der Waals surface area contributed by atoms with Gasteiger partial charge >= 0.3 is 0 Å². The Hall–Kier alpha value is -2.34. The van der Waals surface area contributed by atoms with Crippen molar-refractivity contribution < 1.29 is 0 Å². The van der Waals surface area contributed by atoms with Crippen LogP contribution in [-0.2, 0) is 25.7 Å². The lowest BCUT2D eigenvalue weighted by molar-refractivity contribution is 0.685. The average molecular weight is 310 g/mol. The number of rotatable bonds is 2. The summed E-state index contributed by atoms with van der Waals surface area (Å²) in [6, 6.07) is 22.5. The van der Waals surface area contributed by atoms with Gasteiger partial charge in [-0.25, -0.2) is 0 Å². The molecule has 2 aliphatic rings. The van der Waals surface area contributed by atoms with Crippen LogP contribution in [0.2, 0.25) is 0 Å². The normalized spacial score (nSPS) is 14.8. The summed E-state index contributed by atoms with van der Waals surface area (Å²) < 4.78 is 0. The third kappa shape index (κ3) is 2.21. The zero-order chi connectivity index (χ0) is 15.9. The van der Waals surface area contributed by atoms with Crippen LogP contribution in [0.5, 0.6) is 0 Å². The minimum Gasteiger partial charge on any atom is -0.0622 e. The Balaban J connectivity index is 1.70. The van der Waals surface area contributed by atoms with Crippen molar-refractivity contribution >= 4 is 0 Å². The minimum absolute atomic E-state index is 1.06. The van der Waals surface area contributed by atoms with E-state index in [0.717, 1.165) is 12.8 Å². The quantitative estimate of drug-likeness (QED) is 0.444. The van der Waals surface area contributed by atoms with Crippen LogP contribution in [0, 0.1) is 0 Å². The fourth-order valence-corrected chi connectivity index (χ4v) is 4.62. The fraction of sp³-hybridized carbons (Fsp3) is 0.250. The lowest BCUT2D eigenvalue weighted by atomic mass is 9.82. The number of hydrogen-bond acceptors (Lipinski definition) is 0. The topological polar surface area (TPSA) is 0 Å². The summed E-state index contributed by atoms with van der Waals surface area (Å²) in [6.45, 7) is 0. The van der Waals surface area contributed by atoms with Crippen molar-refractivity contribution in [3.8, 4) is 11.1 Å². The van der Waals surface area contributed by atoms with E-state index in [-0.39, 0.29) is 0 Å². The van der Waals surface area contributed by atoms with Gasteiger partial charge in [-0.15, -0.1) is 0 Å². The molecule has 118 valence electrons. The molecule has 0 heteroatoms. The van der Waals surface area contributed by atoms with Gasteiger partial charge in [0.25, 0.3) is 0 Å². The maximum Gasteiger partial charge on any atom is -0.00105 e.